The van der Waals surface area contributed by atoms with Gasteiger partial charge in [0.1, 0.15) is 5.82 Å². The van der Waals surface area contributed by atoms with Crippen molar-refractivity contribution in [2.75, 3.05) is 17.2 Å². The number of hydrogen-bond donors (Lipinski definition) is 3. The summed E-state index contributed by atoms with van der Waals surface area (Å²) in [5.41, 5.74) is 5.67. The molecule has 1 heterocycles. The predicted octanol–water partition coefficient (Wildman–Crippen LogP) is 2.13. The summed E-state index contributed by atoms with van der Waals surface area (Å²) in [5, 5.41) is 7.33. The van der Waals surface area contributed by atoms with E-state index in [1.54, 1.807) is 0 Å². The SMILES string of the molecule is CCNc1nc(NC(C)(C)CC(N)=O)c2ccccc2n1. The highest BCUT2D eigenvalue weighted by atomic mass is 16.1. The number of nitrogens with zero attached hydrogens (tertiary/aromatic N) is 2. The summed E-state index contributed by atoms with van der Waals surface area (Å²) >= 11 is 0. The molecule has 2 rings (SSSR count). The van der Waals surface area contributed by atoms with E-state index >= 15 is 0 Å². The normalized spacial score (nSPS) is 11.4. The van der Waals surface area contributed by atoms with Crippen molar-refractivity contribution in [1.29, 1.82) is 0 Å². The molecule has 112 valence electrons. The molecule has 0 radical (unpaired) electrons. The predicted molar refractivity (Wildman–Crippen MR) is 85.2 cm³/mol. The van der Waals surface area contributed by atoms with Crippen molar-refractivity contribution < 1.29 is 4.79 Å². The highest BCUT2D eigenvalue weighted by Gasteiger charge is 2.22. The minimum atomic E-state index is -0.480. The van der Waals surface area contributed by atoms with Crippen LogP contribution in [0.2, 0.25) is 0 Å². The molecule has 0 aliphatic heterocycles. The van der Waals surface area contributed by atoms with Gasteiger partial charge in [0.15, 0.2) is 0 Å². The second kappa shape index (κ2) is 5.95. The van der Waals surface area contributed by atoms with Crippen LogP contribution >= 0.6 is 0 Å². The molecule has 1 amide bonds. The number of primary amides is 1. The molecule has 1 aromatic carbocycles. The molecular weight excluding hydrogens is 266 g/mol. The summed E-state index contributed by atoms with van der Waals surface area (Å²) in [7, 11) is 0. The van der Waals surface area contributed by atoms with E-state index in [0.29, 0.717) is 11.8 Å². The third-order valence-electron chi connectivity index (χ3n) is 3.01. The number of nitrogens with one attached hydrogen (secondary N) is 2. The minimum Gasteiger partial charge on any atom is -0.370 e. The van der Waals surface area contributed by atoms with Gasteiger partial charge in [-0.15, -0.1) is 0 Å². The summed E-state index contributed by atoms with van der Waals surface area (Å²) in [6.45, 7) is 6.56. The molecule has 4 N–H and O–H groups in total. The smallest absolute Gasteiger partial charge is 0.225 e. The van der Waals surface area contributed by atoms with E-state index in [2.05, 4.69) is 20.6 Å². The Morgan fingerprint density at radius 1 is 1.29 bits per heavy atom. The monoisotopic (exact) mass is 287 g/mol. The van der Waals surface area contributed by atoms with Crippen molar-refractivity contribution >= 4 is 28.6 Å². The van der Waals surface area contributed by atoms with Crippen molar-refractivity contribution in [3.05, 3.63) is 24.3 Å². The van der Waals surface area contributed by atoms with Crippen molar-refractivity contribution in [3.8, 4) is 0 Å². The molecule has 0 atom stereocenters. The molecule has 21 heavy (non-hydrogen) atoms. The maximum Gasteiger partial charge on any atom is 0.225 e. The zero-order valence-electron chi connectivity index (χ0n) is 12.6. The molecule has 0 bridgehead atoms. The fourth-order valence-electron chi connectivity index (χ4n) is 2.21. The van der Waals surface area contributed by atoms with E-state index in [-0.39, 0.29) is 12.3 Å². The van der Waals surface area contributed by atoms with Crippen LogP contribution in [-0.4, -0.2) is 28.0 Å². The van der Waals surface area contributed by atoms with Crippen molar-refractivity contribution in [1.82, 2.24) is 9.97 Å². The maximum absolute atomic E-state index is 11.2. The largest absolute Gasteiger partial charge is 0.370 e. The van der Waals surface area contributed by atoms with Gasteiger partial charge in [0.2, 0.25) is 11.9 Å². The number of carbonyl (C=O) groups is 1. The number of rotatable bonds is 6. The zero-order chi connectivity index (χ0) is 15.5. The van der Waals surface area contributed by atoms with E-state index in [4.69, 9.17) is 5.73 Å². The Bertz CT molecular complexity index is 654. The first-order valence-electron chi connectivity index (χ1n) is 6.98. The molecule has 0 spiro atoms. The van der Waals surface area contributed by atoms with Gasteiger partial charge in [-0.3, -0.25) is 4.79 Å². The molecule has 2 aromatic rings. The van der Waals surface area contributed by atoms with Crippen molar-refractivity contribution in [2.24, 2.45) is 5.73 Å². The van der Waals surface area contributed by atoms with Gasteiger partial charge in [0.25, 0.3) is 0 Å². The average Bonchev–Trinajstić information content (AvgIpc) is 2.37. The van der Waals surface area contributed by atoms with Crippen LogP contribution in [0.1, 0.15) is 27.2 Å². The Balaban J connectivity index is 2.43. The third kappa shape index (κ3) is 3.81. The van der Waals surface area contributed by atoms with E-state index in [1.807, 2.05) is 45.0 Å². The van der Waals surface area contributed by atoms with Gasteiger partial charge in [0.05, 0.1) is 5.52 Å². The first-order valence-corrected chi connectivity index (χ1v) is 6.98. The summed E-state index contributed by atoms with van der Waals surface area (Å²) in [6.07, 6.45) is 0.224. The second-order valence-corrected chi connectivity index (χ2v) is 5.60. The molecule has 0 aliphatic carbocycles. The first kappa shape index (κ1) is 15.0. The van der Waals surface area contributed by atoms with Gasteiger partial charge in [-0.2, -0.15) is 4.98 Å². The van der Waals surface area contributed by atoms with Crippen molar-refractivity contribution in [2.45, 2.75) is 32.7 Å². The second-order valence-electron chi connectivity index (χ2n) is 5.60. The summed E-state index contributed by atoms with van der Waals surface area (Å²) in [6, 6.07) is 7.76. The van der Waals surface area contributed by atoms with Crippen molar-refractivity contribution in [3.63, 3.8) is 0 Å². The maximum atomic E-state index is 11.2. The van der Waals surface area contributed by atoms with Crippen LogP contribution in [0.15, 0.2) is 24.3 Å². The van der Waals surface area contributed by atoms with Crippen LogP contribution in [0.25, 0.3) is 10.9 Å². The van der Waals surface area contributed by atoms with Gasteiger partial charge in [-0.1, -0.05) is 12.1 Å². The van der Waals surface area contributed by atoms with Gasteiger partial charge < -0.3 is 16.4 Å². The molecule has 6 heteroatoms. The fourth-order valence-corrected chi connectivity index (χ4v) is 2.21. The highest BCUT2D eigenvalue weighted by Crippen LogP contribution is 2.25. The van der Waals surface area contributed by atoms with Crippen LogP contribution in [0.3, 0.4) is 0 Å². The molecule has 0 saturated carbocycles. The van der Waals surface area contributed by atoms with E-state index in [9.17, 15) is 4.79 Å². The summed E-state index contributed by atoms with van der Waals surface area (Å²) < 4.78 is 0. The van der Waals surface area contributed by atoms with Crippen LogP contribution in [0.5, 0.6) is 0 Å². The Hall–Kier alpha value is -2.37. The lowest BCUT2D eigenvalue weighted by atomic mass is 10.00. The van der Waals surface area contributed by atoms with Crippen LogP contribution in [0.4, 0.5) is 11.8 Å². The van der Waals surface area contributed by atoms with E-state index in [1.165, 1.54) is 0 Å². The number of fused-ring (bicyclic) bond motifs is 1. The van der Waals surface area contributed by atoms with Gasteiger partial charge >= 0.3 is 0 Å². The minimum absolute atomic E-state index is 0.224. The number of aromatic nitrogens is 2. The molecule has 0 aliphatic rings. The Kier molecular flexibility index (Phi) is 4.26. The number of nitrogens with two attached hydrogens (primary N) is 1. The quantitative estimate of drug-likeness (QED) is 0.756. The number of para-hydroxylation sites is 1. The molecule has 6 nitrogen and oxygen atoms in total. The zero-order valence-corrected chi connectivity index (χ0v) is 12.6. The van der Waals surface area contributed by atoms with Gasteiger partial charge in [-0.05, 0) is 32.9 Å². The standard InChI is InChI=1S/C15H21N5O/c1-4-17-14-18-11-8-6-5-7-10(11)13(19-14)20-15(2,3)9-12(16)21/h5-8H,4,9H2,1-3H3,(H2,16,21)(H2,17,18,19,20). The fraction of sp³-hybridized carbons (Fsp3) is 0.400. The van der Waals surface area contributed by atoms with Crippen LogP contribution in [-0.2, 0) is 4.79 Å². The lowest BCUT2D eigenvalue weighted by Gasteiger charge is -2.26. The first-order chi connectivity index (χ1) is 9.91. The number of carbonyl (C=O) groups excluding carboxylic acids is 1. The van der Waals surface area contributed by atoms with Gasteiger partial charge in [-0.25, -0.2) is 4.98 Å². The Labute approximate surface area is 124 Å². The van der Waals surface area contributed by atoms with Crippen LogP contribution in [0, 0.1) is 0 Å². The topological polar surface area (TPSA) is 92.9 Å². The summed E-state index contributed by atoms with van der Waals surface area (Å²) in [5.74, 6) is 0.911. The number of hydrogen-bond acceptors (Lipinski definition) is 5. The molecule has 1 aromatic heterocycles. The summed E-state index contributed by atoms with van der Waals surface area (Å²) in [4.78, 5) is 20.1. The Morgan fingerprint density at radius 2 is 2.00 bits per heavy atom. The molecule has 0 saturated heterocycles. The average molecular weight is 287 g/mol. The van der Waals surface area contributed by atoms with E-state index in [0.717, 1.165) is 17.4 Å². The lowest BCUT2D eigenvalue weighted by molar-refractivity contribution is -0.118. The number of amides is 1. The number of anilines is 2. The third-order valence-corrected chi connectivity index (χ3v) is 3.01. The van der Waals surface area contributed by atoms with E-state index < -0.39 is 5.54 Å². The lowest BCUT2D eigenvalue weighted by Crippen LogP contribution is -2.36. The number of benzene rings is 1. The Morgan fingerprint density at radius 3 is 2.67 bits per heavy atom. The highest BCUT2D eigenvalue weighted by molar-refractivity contribution is 5.90. The van der Waals surface area contributed by atoms with Crippen LogP contribution < -0.4 is 16.4 Å². The molecule has 0 unspecified atom stereocenters. The molecular formula is C15H21N5O. The molecule has 0 fully saturated rings. The van der Waals surface area contributed by atoms with Gasteiger partial charge in [0, 0.05) is 23.9 Å².